The molecule has 1 fully saturated rings. The van der Waals surface area contributed by atoms with Crippen molar-refractivity contribution in [2.75, 3.05) is 0 Å². The summed E-state index contributed by atoms with van der Waals surface area (Å²) < 4.78 is 0. The van der Waals surface area contributed by atoms with E-state index in [0.29, 0.717) is 5.41 Å². The van der Waals surface area contributed by atoms with Crippen LogP contribution in [-0.4, -0.2) is 0 Å². The van der Waals surface area contributed by atoms with Gasteiger partial charge in [-0.25, -0.2) is 0 Å². The molecule has 0 aliphatic heterocycles. The molecule has 0 spiro atoms. The summed E-state index contributed by atoms with van der Waals surface area (Å²) in [6.45, 7) is 8.74. The summed E-state index contributed by atoms with van der Waals surface area (Å²) in [5.74, 6) is 0.859. The van der Waals surface area contributed by atoms with Crippen LogP contribution in [-0.2, 0) is 11.8 Å². The Morgan fingerprint density at radius 3 is 2.71 bits per heavy atom. The smallest absolute Gasteiger partial charge is 0.0100 e. The molecule has 17 heavy (non-hydrogen) atoms. The molecule has 1 aromatic rings. The van der Waals surface area contributed by atoms with Gasteiger partial charge in [-0.3, -0.25) is 0 Å². The quantitative estimate of drug-likeness (QED) is 0.678. The third-order valence-electron chi connectivity index (χ3n) is 4.52. The summed E-state index contributed by atoms with van der Waals surface area (Å²) in [6, 6.07) is 4.78. The first kappa shape index (κ1) is 11.1. The zero-order valence-corrected chi connectivity index (χ0v) is 11.1. The molecule has 0 N–H and O–H groups in total. The highest BCUT2D eigenvalue weighted by Crippen LogP contribution is 2.47. The molecule has 2 aliphatic carbocycles. The monoisotopic (exact) mass is 226 g/mol. The molecular weight excluding hydrogens is 204 g/mol. The van der Waals surface area contributed by atoms with Crippen molar-refractivity contribution in [3.05, 3.63) is 41.0 Å². The number of fused-ring (bicyclic) bond motifs is 1. The number of benzene rings is 1. The lowest BCUT2D eigenvalue weighted by molar-refractivity contribution is 0.430. The third-order valence-corrected chi connectivity index (χ3v) is 4.52. The zero-order valence-electron chi connectivity index (χ0n) is 11.1. The first-order valence-corrected chi connectivity index (χ1v) is 6.91. The summed E-state index contributed by atoms with van der Waals surface area (Å²) >= 11 is 0. The molecule has 0 amide bonds. The van der Waals surface area contributed by atoms with Gasteiger partial charge < -0.3 is 0 Å². The second kappa shape index (κ2) is 3.73. The van der Waals surface area contributed by atoms with E-state index >= 15 is 0 Å². The Balaban J connectivity index is 2.20. The average Bonchev–Trinajstić information content (AvgIpc) is 3.12. The van der Waals surface area contributed by atoms with Crippen molar-refractivity contribution in [1.82, 2.24) is 0 Å². The molecule has 0 saturated heterocycles. The Labute approximate surface area is 105 Å². The molecule has 1 saturated carbocycles. The van der Waals surface area contributed by atoms with Gasteiger partial charge in [-0.1, -0.05) is 38.6 Å². The molecule has 0 unspecified atom stereocenters. The lowest BCUT2D eigenvalue weighted by Crippen LogP contribution is -2.25. The van der Waals surface area contributed by atoms with E-state index in [-0.39, 0.29) is 0 Å². The first-order valence-electron chi connectivity index (χ1n) is 6.91. The molecule has 1 aromatic carbocycles. The summed E-state index contributed by atoms with van der Waals surface area (Å²) in [5, 5.41) is 0. The van der Waals surface area contributed by atoms with E-state index in [1.54, 1.807) is 16.7 Å². The van der Waals surface area contributed by atoms with E-state index in [1.165, 1.54) is 37.7 Å². The summed E-state index contributed by atoms with van der Waals surface area (Å²) in [5.41, 5.74) is 6.60. The van der Waals surface area contributed by atoms with E-state index in [0.717, 1.165) is 5.92 Å². The van der Waals surface area contributed by atoms with Crippen molar-refractivity contribution in [3.63, 3.8) is 0 Å². The second-order valence-corrected chi connectivity index (χ2v) is 6.35. The van der Waals surface area contributed by atoms with Crippen LogP contribution < -0.4 is 0 Å². The maximum absolute atomic E-state index is 3.95. The predicted octanol–water partition coefficient (Wildman–Crippen LogP) is 4.82. The van der Waals surface area contributed by atoms with Gasteiger partial charge in [0.05, 0.1) is 0 Å². The fraction of sp³-hybridized carbons (Fsp3) is 0.529. The highest BCUT2D eigenvalue weighted by molar-refractivity contribution is 5.56. The van der Waals surface area contributed by atoms with Crippen LogP contribution in [0.15, 0.2) is 18.7 Å². The molecule has 0 heterocycles. The van der Waals surface area contributed by atoms with Crippen molar-refractivity contribution in [2.24, 2.45) is 0 Å². The Bertz CT molecular complexity index is 461. The van der Waals surface area contributed by atoms with E-state index in [9.17, 15) is 0 Å². The molecule has 90 valence electrons. The van der Waals surface area contributed by atoms with Crippen molar-refractivity contribution in [1.29, 1.82) is 0 Å². The van der Waals surface area contributed by atoms with E-state index in [2.05, 4.69) is 32.6 Å². The highest BCUT2D eigenvalue weighted by atomic mass is 14.4. The lowest BCUT2D eigenvalue weighted by Gasteiger charge is -2.34. The van der Waals surface area contributed by atoms with Crippen molar-refractivity contribution >= 4 is 6.08 Å². The Hall–Kier alpha value is -1.04. The molecule has 2 aliphatic rings. The van der Waals surface area contributed by atoms with Gasteiger partial charge in [0.2, 0.25) is 0 Å². The Kier molecular flexibility index (Phi) is 2.43. The Morgan fingerprint density at radius 2 is 2.06 bits per heavy atom. The number of hydrogen-bond acceptors (Lipinski definition) is 0. The van der Waals surface area contributed by atoms with Crippen LogP contribution in [0.5, 0.6) is 0 Å². The van der Waals surface area contributed by atoms with Crippen LogP contribution in [0.2, 0.25) is 0 Å². The average molecular weight is 226 g/mol. The predicted molar refractivity (Wildman–Crippen MR) is 74.5 cm³/mol. The summed E-state index contributed by atoms with van der Waals surface area (Å²) in [6.07, 6.45) is 8.78. The molecular formula is C17H22. The molecule has 3 rings (SSSR count). The molecule has 0 nitrogen and oxygen atoms in total. The first-order chi connectivity index (χ1) is 8.12. The minimum absolute atomic E-state index is 0.357. The second-order valence-electron chi connectivity index (χ2n) is 6.35. The highest BCUT2D eigenvalue weighted by Gasteiger charge is 2.33. The largest absolute Gasteiger partial charge is 0.0985 e. The van der Waals surface area contributed by atoms with Crippen LogP contribution in [0.3, 0.4) is 0 Å². The minimum atomic E-state index is 0.357. The van der Waals surface area contributed by atoms with Gasteiger partial charge in [0.15, 0.2) is 0 Å². The summed E-state index contributed by atoms with van der Waals surface area (Å²) in [4.78, 5) is 0. The van der Waals surface area contributed by atoms with Crippen LogP contribution in [0.4, 0.5) is 0 Å². The van der Waals surface area contributed by atoms with E-state index in [4.69, 9.17) is 0 Å². The standard InChI is InChI=1S/C17H22/c1-4-12-10-15(13-7-8-13)14-6-5-9-17(2,3)16(14)11-12/h4,10-11,13H,1,5-9H2,2-3H3. The van der Waals surface area contributed by atoms with Gasteiger partial charge in [-0.2, -0.15) is 0 Å². The fourth-order valence-corrected chi connectivity index (χ4v) is 3.32. The zero-order chi connectivity index (χ0) is 12.0. The Morgan fingerprint density at radius 1 is 1.29 bits per heavy atom. The lowest BCUT2D eigenvalue weighted by atomic mass is 9.70. The van der Waals surface area contributed by atoms with Gasteiger partial charge in [-0.15, -0.1) is 0 Å². The maximum atomic E-state index is 3.95. The topological polar surface area (TPSA) is 0 Å². The number of rotatable bonds is 2. The third kappa shape index (κ3) is 1.84. The number of hydrogen-bond donors (Lipinski definition) is 0. The molecule has 0 radical (unpaired) electrons. The van der Waals surface area contributed by atoms with Gasteiger partial charge in [0.1, 0.15) is 0 Å². The maximum Gasteiger partial charge on any atom is -0.0100 e. The fourth-order valence-electron chi connectivity index (χ4n) is 3.32. The van der Waals surface area contributed by atoms with Gasteiger partial charge in [-0.05, 0) is 65.7 Å². The normalized spacial score (nSPS) is 22.0. The van der Waals surface area contributed by atoms with Crippen LogP contribution in [0.1, 0.15) is 67.7 Å². The minimum Gasteiger partial charge on any atom is -0.0985 e. The van der Waals surface area contributed by atoms with Crippen LogP contribution >= 0.6 is 0 Å². The molecule has 0 bridgehead atoms. The summed E-state index contributed by atoms with van der Waals surface area (Å²) in [7, 11) is 0. The van der Waals surface area contributed by atoms with Gasteiger partial charge >= 0.3 is 0 Å². The van der Waals surface area contributed by atoms with Crippen LogP contribution in [0.25, 0.3) is 6.08 Å². The van der Waals surface area contributed by atoms with Crippen molar-refractivity contribution in [3.8, 4) is 0 Å². The SMILES string of the molecule is C=Cc1cc(C2CC2)c2c(c1)C(C)(C)CCC2. The molecule has 0 atom stereocenters. The van der Waals surface area contributed by atoms with Gasteiger partial charge in [0, 0.05) is 0 Å². The van der Waals surface area contributed by atoms with Crippen LogP contribution in [0, 0.1) is 0 Å². The molecule has 0 aromatic heterocycles. The van der Waals surface area contributed by atoms with Crippen molar-refractivity contribution in [2.45, 2.75) is 57.3 Å². The van der Waals surface area contributed by atoms with E-state index in [1.807, 2.05) is 6.08 Å². The van der Waals surface area contributed by atoms with E-state index < -0.39 is 0 Å². The molecule has 0 heteroatoms. The van der Waals surface area contributed by atoms with Gasteiger partial charge in [0.25, 0.3) is 0 Å². The van der Waals surface area contributed by atoms with Crippen molar-refractivity contribution < 1.29 is 0 Å².